The van der Waals surface area contributed by atoms with E-state index in [1.165, 1.54) is 5.56 Å². The van der Waals surface area contributed by atoms with E-state index in [2.05, 4.69) is 43.4 Å². The lowest BCUT2D eigenvalue weighted by Crippen LogP contribution is -2.30. The first kappa shape index (κ1) is 19.0. The molecule has 4 nitrogen and oxygen atoms in total. The molecule has 0 fully saturated rings. The van der Waals surface area contributed by atoms with Crippen LogP contribution in [0, 0.1) is 11.3 Å². The molecule has 0 unspecified atom stereocenters. The van der Waals surface area contributed by atoms with Gasteiger partial charge in [0.05, 0.1) is 17.8 Å². The minimum absolute atomic E-state index is 0.180. The highest BCUT2D eigenvalue weighted by Gasteiger charge is 2.11. The molecule has 25 heavy (non-hydrogen) atoms. The van der Waals surface area contributed by atoms with Gasteiger partial charge in [-0.2, -0.15) is 5.26 Å². The molecule has 2 aromatic rings. The summed E-state index contributed by atoms with van der Waals surface area (Å²) in [5, 5.41) is 12.3. The van der Waals surface area contributed by atoms with Crippen molar-refractivity contribution in [1.82, 2.24) is 4.90 Å². The van der Waals surface area contributed by atoms with Crippen LogP contribution >= 0.6 is 11.6 Å². The van der Waals surface area contributed by atoms with Crippen molar-refractivity contribution in [3.8, 4) is 6.07 Å². The summed E-state index contributed by atoms with van der Waals surface area (Å²) in [6.07, 6.45) is 0. The number of hydrogen-bond acceptors (Lipinski definition) is 3. The zero-order valence-electron chi connectivity index (χ0n) is 14.7. The number of anilines is 1. The summed E-state index contributed by atoms with van der Waals surface area (Å²) < 4.78 is 0. The number of carbonyl (C=O) groups is 1. The predicted molar refractivity (Wildman–Crippen MR) is 102 cm³/mol. The van der Waals surface area contributed by atoms with Gasteiger partial charge in [0.25, 0.3) is 0 Å². The van der Waals surface area contributed by atoms with E-state index in [1.54, 1.807) is 18.2 Å². The number of rotatable bonds is 6. The van der Waals surface area contributed by atoms with E-state index in [0.29, 0.717) is 28.7 Å². The first-order valence-electron chi connectivity index (χ1n) is 8.16. The lowest BCUT2D eigenvalue weighted by Gasteiger charge is -2.17. The number of benzene rings is 2. The van der Waals surface area contributed by atoms with Crippen molar-refractivity contribution in [1.29, 1.82) is 5.26 Å². The maximum absolute atomic E-state index is 12.2. The Labute approximate surface area is 154 Å². The largest absolute Gasteiger partial charge is 0.324 e. The average molecular weight is 356 g/mol. The summed E-state index contributed by atoms with van der Waals surface area (Å²) in [6, 6.07) is 15.3. The van der Waals surface area contributed by atoms with Crippen LogP contribution in [-0.2, 0) is 11.3 Å². The lowest BCUT2D eigenvalue weighted by molar-refractivity contribution is -0.117. The molecule has 0 radical (unpaired) electrons. The molecule has 1 N–H and O–H groups in total. The van der Waals surface area contributed by atoms with Gasteiger partial charge in [-0.15, -0.1) is 0 Å². The van der Waals surface area contributed by atoms with E-state index < -0.39 is 0 Å². The smallest absolute Gasteiger partial charge is 0.238 e. The molecule has 5 heteroatoms. The molecule has 0 saturated carbocycles. The minimum atomic E-state index is -0.180. The van der Waals surface area contributed by atoms with E-state index in [1.807, 2.05) is 18.0 Å². The quantitative estimate of drug-likeness (QED) is 0.835. The maximum Gasteiger partial charge on any atom is 0.238 e. The summed E-state index contributed by atoms with van der Waals surface area (Å²) >= 11 is 5.93. The highest BCUT2D eigenvalue weighted by atomic mass is 35.5. The number of hydrogen-bond donors (Lipinski definition) is 1. The molecule has 0 aromatic heterocycles. The van der Waals surface area contributed by atoms with E-state index in [0.717, 1.165) is 5.56 Å². The van der Waals surface area contributed by atoms with Crippen LogP contribution < -0.4 is 5.32 Å². The first-order chi connectivity index (χ1) is 11.9. The summed E-state index contributed by atoms with van der Waals surface area (Å²) in [6.45, 7) is 5.23. The normalized spacial score (nSPS) is 10.8. The molecule has 0 aliphatic heterocycles. The Bertz CT molecular complexity index is 779. The topological polar surface area (TPSA) is 56.1 Å². The summed E-state index contributed by atoms with van der Waals surface area (Å²) in [4.78, 5) is 14.2. The first-order valence-corrected chi connectivity index (χ1v) is 8.53. The van der Waals surface area contributed by atoms with Crippen LogP contribution in [0.5, 0.6) is 0 Å². The van der Waals surface area contributed by atoms with Crippen molar-refractivity contribution in [2.45, 2.75) is 26.3 Å². The molecular weight excluding hydrogens is 334 g/mol. The molecule has 0 bridgehead atoms. The van der Waals surface area contributed by atoms with Gasteiger partial charge in [-0.3, -0.25) is 9.69 Å². The Kier molecular flexibility index (Phi) is 6.58. The summed E-state index contributed by atoms with van der Waals surface area (Å²) in [5.41, 5.74) is 3.29. The number of amides is 1. The summed E-state index contributed by atoms with van der Waals surface area (Å²) in [7, 11) is 1.89. The third kappa shape index (κ3) is 5.60. The van der Waals surface area contributed by atoms with Crippen LogP contribution in [0.25, 0.3) is 0 Å². The number of halogens is 1. The number of likely N-dealkylation sites (N-methyl/N-ethyl adjacent to an activating group) is 1. The molecule has 2 rings (SSSR count). The van der Waals surface area contributed by atoms with Crippen LogP contribution in [0.3, 0.4) is 0 Å². The molecule has 0 heterocycles. The van der Waals surface area contributed by atoms with E-state index >= 15 is 0 Å². The van der Waals surface area contributed by atoms with Crippen LogP contribution in [0.2, 0.25) is 5.02 Å². The second-order valence-electron chi connectivity index (χ2n) is 6.42. The van der Waals surface area contributed by atoms with Crippen molar-refractivity contribution in [2.24, 2.45) is 0 Å². The van der Waals surface area contributed by atoms with Crippen LogP contribution in [0.15, 0.2) is 42.5 Å². The molecule has 130 valence electrons. The van der Waals surface area contributed by atoms with Gasteiger partial charge in [0.2, 0.25) is 5.91 Å². The van der Waals surface area contributed by atoms with Gasteiger partial charge in [-0.1, -0.05) is 49.7 Å². The molecule has 0 atom stereocenters. The maximum atomic E-state index is 12.2. The standard InChI is InChI=1S/C20H22ClN3O/c1-14(2)16-6-4-15(5-7-16)12-24(3)13-20(25)23-19-10-18(21)9-8-17(19)11-22/h4-10,14H,12-13H2,1-3H3,(H,23,25). The van der Waals surface area contributed by atoms with Crippen molar-refractivity contribution in [2.75, 3.05) is 18.9 Å². The Hall–Kier alpha value is -2.35. The highest BCUT2D eigenvalue weighted by molar-refractivity contribution is 6.31. The van der Waals surface area contributed by atoms with Gasteiger partial charge in [-0.05, 0) is 42.3 Å². The molecule has 0 aliphatic carbocycles. The summed E-state index contributed by atoms with van der Waals surface area (Å²) in [5.74, 6) is 0.324. The minimum Gasteiger partial charge on any atom is -0.324 e. The number of nitriles is 1. The molecular formula is C20H22ClN3O. The van der Waals surface area contributed by atoms with Crippen LogP contribution in [0.1, 0.15) is 36.5 Å². The van der Waals surface area contributed by atoms with Gasteiger partial charge in [0, 0.05) is 11.6 Å². The molecule has 2 aromatic carbocycles. The number of nitrogens with one attached hydrogen (secondary N) is 1. The van der Waals surface area contributed by atoms with Crippen molar-refractivity contribution in [3.63, 3.8) is 0 Å². The van der Waals surface area contributed by atoms with Crippen molar-refractivity contribution in [3.05, 3.63) is 64.2 Å². The van der Waals surface area contributed by atoms with Crippen LogP contribution in [0.4, 0.5) is 5.69 Å². The lowest BCUT2D eigenvalue weighted by atomic mass is 10.0. The Morgan fingerprint density at radius 1 is 1.24 bits per heavy atom. The van der Waals surface area contributed by atoms with Crippen LogP contribution in [-0.4, -0.2) is 24.4 Å². The van der Waals surface area contributed by atoms with E-state index in [4.69, 9.17) is 16.9 Å². The van der Waals surface area contributed by atoms with Gasteiger partial charge in [0.15, 0.2) is 0 Å². The Balaban J connectivity index is 1.94. The Morgan fingerprint density at radius 2 is 1.92 bits per heavy atom. The monoisotopic (exact) mass is 355 g/mol. The van der Waals surface area contributed by atoms with Gasteiger partial charge >= 0.3 is 0 Å². The molecule has 0 saturated heterocycles. The molecule has 1 amide bonds. The zero-order chi connectivity index (χ0) is 18.4. The average Bonchev–Trinajstić information content (AvgIpc) is 2.55. The van der Waals surface area contributed by atoms with Gasteiger partial charge in [-0.25, -0.2) is 0 Å². The second kappa shape index (κ2) is 8.66. The van der Waals surface area contributed by atoms with Crippen molar-refractivity contribution < 1.29 is 4.79 Å². The zero-order valence-corrected chi connectivity index (χ0v) is 15.5. The Morgan fingerprint density at radius 3 is 2.52 bits per heavy atom. The fraction of sp³-hybridized carbons (Fsp3) is 0.300. The van der Waals surface area contributed by atoms with Gasteiger partial charge in [0.1, 0.15) is 6.07 Å². The third-order valence-corrected chi connectivity index (χ3v) is 4.12. The van der Waals surface area contributed by atoms with Gasteiger partial charge < -0.3 is 5.32 Å². The highest BCUT2D eigenvalue weighted by Crippen LogP contribution is 2.20. The SMILES string of the molecule is CC(C)c1ccc(CN(C)CC(=O)Nc2cc(Cl)ccc2C#N)cc1. The molecule has 0 aliphatic rings. The van der Waals surface area contributed by atoms with E-state index in [-0.39, 0.29) is 12.5 Å². The number of nitrogens with zero attached hydrogens (tertiary/aromatic N) is 2. The third-order valence-electron chi connectivity index (χ3n) is 3.89. The van der Waals surface area contributed by atoms with E-state index in [9.17, 15) is 4.79 Å². The fourth-order valence-corrected chi connectivity index (χ4v) is 2.70. The second-order valence-corrected chi connectivity index (χ2v) is 6.85. The number of carbonyl (C=O) groups excluding carboxylic acids is 1. The van der Waals surface area contributed by atoms with Crippen molar-refractivity contribution >= 4 is 23.2 Å². The molecule has 0 spiro atoms. The predicted octanol–water partition coefficient (Wildman–Crippen LogP) is 4.41. The fourth-order valence-electron chi connectivity index (χ4n) is 2.53.